The third kappa shape index (κ3) is 2.47. The predicted molar refractivity (Wildman–Crippen MR) is 85.5 cm³/mol. The third-order valence-corrected chi connectivity index (χ3v) is 4.10. The van der Waals surface area contributed by atoms with Crippen LogP contribution in [0.5, 0.6) is 0 Å². The predicted octanol–water partition coefficient (Wildman–Crippen LogP) is 4.10. The normalized spacial score (nSPS) is 14.5. The Morgan fingerprint density at radius 1 is 1.29 bits per heavy atom. The average Bonchev–Trinajstić information content (AvgIpc) is 3.22. The Balaban J connectivity index is 1.81. The fraction of sp³-hybridized carbons (Fsp3) is 0.250. The van der Waals surface area contributed by atoms with E-state index in [1.54, 1.807) is 6.33 Å². The first-order chi connectivity index (χ1) is 10.3. The number of anilines is 1. The molecule has 0 bridgehead atoms. The molecule has 1 fully saturated rings. The molecule has 0 amide bonds. The van der Waals surface area contributed by atoms with E-state index < -0.39 is 0 Å². The van der Waals surface area contributed by atoms with Crippen LogP contribution < -0.4 is 5.32 Å². The van der Waals surface area contributed by atoms with E-state index in [0.717, 1.165) is 45.5 Å². The maximum absolute atomic E-state index is 6.11. The quantitative estimate of drug-likeness (QED) is 0.762. The highest BCUT2D eigenvalue weighted by atomic mass is 35.5. The smallest absolute Gasteiger partial charge is 0.143 e. The van der Waals surface area contributed by atoms with Crippen LogP contribution in [0.3, 0.4) is 0 Å². The molecule has 0 aliphatic heterocycles. The van der Waals surface area contributed by atoms with Gasteiger partial charge < -0.3 is 10.3 Å². The van der Waals surface area contributed by atoms with Gasteiger partial charge in [-0.25, -0.2) is 9.97 Å². The van der Waals surface area contributed by atoms with E-state index in [2.05, 4.69) is 20.3 Å². The molecule has 4 nitrogen and oxygen atoms in total. The average molecular weight is 299 g/mol. The lowest BCUT2D eigenvalue weighted by molar-refractivity contribution is 0.883. The summed E-state index contributed by atoms with van der Waals surface area (Å²) in [5.41, 5.74) is 2.99. The number of hydrogen-bond donors (Lipinski definition) is 2. The molecular formula is C16H15ClN4. The first kappa shape index (κ1) is 12.7. The zero-order valence-electron chi connectivity index (χ0n) is 11.4. The fourth-order valence-corrected chi connectivity index (χ4v) is 2.73. The number of halogens is 1. The lowest BCUT2D eigenvalue weighted by Gasteiger charge is -2.07. The van der Waals surface area contributed by atoms with Gasteiger partial charge in [0.05, 0.1) is 5.39 Å². The van der Waals surface area contributed by atoms with Crippen LogP contribution in [0.4, 0.5) is 5.82 Å². The van der Waals surface area contributed by atoms with Crippen molar-refractivity contribution in [2.24, 2.45) is 5.92 Å². The number of nitrogens with one attached hydrogen (secondary N) is 2. The number of rotatable bonds is 4. The highest BCUT2D eigenvalue weighted by molar-refractivity contribution is 6.31. The molecule has 106 valence electrons. The topological polar surface area (TPSA) is 53.6 Å². The molecule has 0 saturated heterocycles. The van der Waals surface area contributed by atoms with E-state index in [9.17, 15) is 0 Å². The Kier molecular flexibility index (Phi) is 3.04. The fourth-order valence-electron chi connectivity index (χ4n) is 2.54. The van der Waals surface area contributed by atoms with Crippen molar-refractivity contribution < 1.29 is 0 Å². The summed E-state index contributed by atoms with van der Waals surface area (Å²) in [7, 11) is 0. The highest BCUT2D eigenvalue weighted by Crippen LogP contribution is 2.34. The van der Waals surface area contributed by atoms with Crippen LogP contribution in [0.1, 0.15) is 12.8 Å². The van der Waals surface area contributed by atoms with Gasteiger partial charge in [0.2, 0.25) is 0 Å². The molecule has 2 N–H and O–H groups in total. The van der Waals surface area contributed by atoms with E-state index in [1.807, 2.05) is 30.5 Å². The minimum atomic E-state index is 0.728. The molecule has 0 spiro atoms. The van der Waals surface area contributed by atoms with E-state index in [1.165, 1.54) is 12.8 Å². The number of aromatic amines is 1. The van der Waals surface area contributed by atoms with Crippen molar-refractivity contribution in [1.82, 2.24) is 15.0 Å². The lowest BCUT2D eigenvalue weighted by Crippen LogP contribution is -2.05. The van der Waals surface area contributed by atoms with Crippen LogP contribution in [0, 0.1) is 5.92 Å². The van der Waals surface area contributed by atoms with Gasteiger partial charge in [-0.3, -0.25) is 0 Å². The van der Waals surface area contributed by atoms with Crippen LogP contribution >= 0.6 is 11.6 Å². The van der Waals surface area contributed by atoms with Gasteiger partial charge in [-0.15, -0.1) is 0 Å². The van der Waals surface area contributed by atoms with E-state index in [4.69, 9.17) is 11.6 Å². The summed E-state index contributed by atoms with van der Waals surface area (Å²) in [6.07, 6.45) is 6.19. The molecule has 21 heavy (non-hydrogen) atoms. The van der Waals surface area contributed by atoms with Crippen molar-refractivity contribution in [2.75, 3.05) is 11.9 Å². The summed E-state index contributed by atoms with van der Waals surface area (Å²) in [4.78, 5) is 11.9. The van der Waals surface area contributed by atoms with Gasteiger partial charge in [-0.2, -0.15) is 0 Å². The largest absolute Gasteiger partial charge is 0.369 e. The first-order valence-corrected chi connectivity index (χ1v) is 7.51. The van der Waals surface area contributed by atoms with Gasteiger partial charge in [-0.05, 0) is 36.5 Å². The summed E-state index contributed by atoms with van der Waals surface area (Å²) in [5.74, 6) is 1.69. The van der Waals surface area contributed by atoms with Crippen molar-refractivity contribution >= 4 is 28.5 Å². The van der Waals surface area contributed by atoms with Crippen LogP contribution in [0.25, 0.3) is 22.2 Å². The summed E-state index contributed by atoms with van der Waals surface area (Å²) in [6, 6.07) is 7.84. The molecule has 4 rings (SSSR count). The molecule has 3 aromatic rings. The summed E-state index contributed by atoms with van der Waals surface area (Å²) in [5, 5.41) is 5.21. The van der Waals surface area contributed by atoms with Gasteiger partial charge in [0.25, 0.3) is 0 Å². The van der Waals surface area contributed by atoms with Gasteiger partial charge >= 0.3 is 0 Å². The Labute approximate surface area is 127 Å². The van der Waals surface area contributed by atoms with Crippen LogP contribution in [0.2, 0.25) is 5.02 Å². The molecule has 1 aromatic carbocycles. The van der Waals surface area contributed by atoms with Crippen molar-refractivity contribution in [2.45, 2.75) is 12.8 Å². The maximum atomic E-state index is 6.11. The second kappa shape index (κ2) is 5.04. The standard InChI is InChI=1S/C16H15ClN4/c17-12-3-1-2-11(6-12)13-8-19-16-14(13)15(20-9-21-16)18-7-10-4-5-10/h1-3,6,8-10H,4-5,7H2,(H2,18,19,20,21). The SMILES string of the molecule is Clc1cccc(-c2c[nH]c3ncnc(NCC4CC4)c23)c1. The monoisotopic (exact) mass is 298 g/mol. The Morgan fingerprint density at radius 3 is 3.00 bits per heavy atom. The summed E-state index contributed by atoms with van der Waals surface area (Å²) in [6.45, 7) is 0.978. The molecule has 1 aliphatic carbocycles. The lowest BCUT2D eigenvalue weighted by atomic mass is 10.1. The van der Waals surface area contributed by atoms with Gasteiger partial charge in [0.1, 0.15) is 17.8 Å². The van der Waals surface area contributed by atoms with E-state index >= 15 is 0 Å². The van der Waals surface area contributed by atoms with Gasteiger partial charge in [0.15, 0.2) is 0 Å². The van der Waals surface area contributed by atoms with E-state index in [-0.39, 0.29) is 0 Å². The first-order valence-electron chi connectivity index (χ1n) is 7.13. The third-order valence-electron chi connectivity index (χ3n) is 3.86. The zero-order chi connectivity index (χ0) is 14.2. The molecule has 0 unspecified atom stereocenters. The molecule has 1 saturated carbocycles. The van der Waals surface area contributed by atoms with E-state index in [0.29, 0.717) is 0 Å². The molecule has 5 heteroatoms. The molecule has 2 heterocycles. The van der Waals surface area contributed by atoms with Crippen molar-refractivity contribution in [1.29, 1.82) is 0 Å². The van der Waals surface area contributed by atoms with Crippen LogP contribution in [0.15, 0.2) is 36.8 Å². The summed E-state index contributed by atoms with van der Waals surface area (Å²) >= 11 is 6.11. The Bertz CT molecular complexity index is 792. The summed E-state index contributed by atoms with van der Waals surface area (Å²) < 4.78 is 0. The van der Waals surface area contributed by atoms with Crippen molar-refractivity contribution in [3.8, 4) is 11.1 Å². The van der Waals surface area contributed by atoms with Gasteiger partial charge in [-0.1, -0.05) is 23.7 Å². The number of H-pyrrole nitrogens is 1. The maximum Gasteiger partial charge on any atom is 0.143 e. The minimum Gasteiger partial charge on any atom is -0.369 e. The van der Waals surface area contributed by atoms with Crippen molar-refractivity contribution in [3.63, 3.8) is 0 Å². The Hall–Kier alpha value is -2.07. The zero-order valence-corrected chi connectivity index (χ0v) is 12.2. The number of nitrogens with zero attached hydrogens (tertiary/aromatic N) is 2. The molecular weight excluding hydrogens is 284 g/mol. The van der Waals surface area contributed by atoms with Crippen molar-refractivity contribution in [3.05, 3.63) is 41.8 Å². The number of hydrogen-bond acceptors (Lipinski definition) is 3. The van der Waals surface area contributed by atoms with Crippen LogP contribution in [-0.4, -0.2) is 21.5 Å². The molecule has 1 aliphatic rings. The molecule has 0 atom stereocenters. The second-order valence-electron chi connectivity index (χ2n) is 5.48. The van der Waals surface area contributed by atoms with Crippen LogP contribution in [-0.2, 0) is 0 Å². The number of aromatic nitrogens is 3. The Morgan fingerprint density at radius 2 is 2.19 bits per heavy atom. The second-order valence-corrected chi connectivity index (χ2v) is 5.92. The number of fused-ring (bicyclic) bond motifs is 1. The highest BCUT2D eigenvalue weighted by Gasteiger charge is 2.21. The molecule has 2 aromatic heterocycles. The minimum absolute atomic E-state index is 0.728. The molecule has 0 radical (unpaired) electrons. The van der Waals surface area contributed by atoms with Gasteiger partial charge in [0, 0.05) is 23.3 Å². The number of benzene rings is 1.